The van der Waals surface area contributed by atoms with Gasteiger partial charge in [-0.25, -0.2) is 0 Å². The fraction of sp³-hybridized carbons (Fsp3) is 0.500. The van der Waals surface area contributed by atoms with Gasteiger partial charge in [0.05, 0.1) is 0 Å². The normalized spacial score (nSPS) is 11.4. The third-order valence-corrected chi connectivity index (χ3v) is 9.81. The third kappa shape index (κ3) is 10.4. The lowest BCUT2D eigenvalue weighted by Gasteiger charge is -2.14. The maximum Gasteiger partial charge on any atom is 0.0408 e. The third-order valence-electron chi connectivity index (χ3n) is 9.81. The predicted molar refractivity (Wildman–Crippen MR) is 209 cm³/mol. The van der Waals surface area contributed by atoms with E-state index < -0.39 is 0 Å². The van der Waals surface area contributed by atoms with E-state index in [0.29, 0.717) is 0 Å². The number of aryl methyl sites for hydroxylation is 6. The second-order valence-electron chi connectivity index (χ2n) is 13.9. The van der Waals surface area contributed by atoms with E-state index in [4.69, 9.17) is 0 Å². The highest BCUT2D eigenvalue weighted by atomic mass is 14.2. The summed E-state index contributed by atoms with van der Waals surface area (Å²) in [5.41, 5.74) is 15.1. The Morgan fingerprint density at radius 2 is 0.417 bits per heavy atom. The molecule has 3 aromatic carbocycles. The van der Waals surface area contributed by atoms with Gasteiger partial charge < -0.3 is 0 Å². The molecule has 0 heterocycles. The number of fused-ring (bicyclic) bond motifs is 3. The monoisotopic (exact) mass is 636 g/mol. The molecule has 48 heavy (non-hydrogen) atoms. The summed E-state index contributed by atoms with van der Waals surface area (Å²) in [5, 5.41) is 0. The fourth-order valence-electron chi connectivity index (χ4n) is 6.69. The van der Waals surface area contributed by atoms with Crippen LogP contribution in [0.4, 0.5) is 0 Å². The van der Waals surface area contributed by atoms with E-state index in [9.17, 15) is 0 Å². The lowest BCUT2D eigenvalue weighted by atomic mass is 9.90. The highest BCUT2D eigenvalue weighted by Crippen LogP contribution is 2.26. The first kappa shape index (κ1) is 37.2. The van der Waals surface area contributed by atoms with Crippen molar-refractivity contribution < 1.29 is 0 Å². The summed E-state index contributed by atoms with van der Waals surface area (Å²) in [4.78, 5) is 0. The van der Waals surface area contributed by atoms with Crippen LogP contribution < -0.4 is 0 Å². The standard InChI is InChI=1S/C48H60/c1-7-13-19-37-31-43-25-26-45-33-39(21-15-9-3)41(23-17-11-5)35-47(45)29-30-48-36-42(24-18-12-6)40(22-16-10-4)34-46(48)28-27-44(43)32-38(37)20-14-8-2/h31-36H,7-24H2,1-6H3. The Morgan fingerprint density at radius 1 is 0.271 bits per heavy atom. The van der Waals surface area contributed by atoms with E-state index in [1.165, 1.54) is 110 Å². The highest BCUT2D eigenvalue weighted by molar-refractivity contribution is 5.64. The zero-order chi connectivity index (χ0) is 34.1. The van der Waals surface area contributed by atoms with Crippen LogP contribution in [0.3, 0.4) is 0 Å². The molecule has 0 aromatic heterocycles. The summed E-state index contributed by atoms with van der Waals surface area (Å²) in [7, 11) is 0. The lowest BCUT2D eigenvalue weighted by Crippen LogP contribution is -2.02. The van der Waals surface area contributed by atoms with Gasteiger partial charge in [-0.3, -0.25) is 0 Å². The fourth-order valence-corrected chi connectivity index (χ4v) is 6.69. The molecule has 0 saturated carbocycles. The Kier molecular flexibility index (Phi) is 15.5. The molecule has 1 aliphatic carbocycles. The minimum absolute atomic E-state index is 1.06. The lowest BCUT2D eigenvalue weighted by molar-refractivity contribution is 0.757. The van der Waals surface area contributed by atoms with Gasteiger partial charge in [-0.05, 0) is 147 Å². The summed E-state index contributed by atoms with van der Waals surface area (Å²) in [6.07, 6.45) is 21.0. The van der Waals surface area contributed by atoms with Crippen LogP contribution in [0.15, 0.2) is 36.4 Å². The second kappa shape index (κ2) is 20.0. The molecule has 0 atom stereocenters. The summed E-state index contributed by atoms with van der Waals surface area (Å²) in [6, 6.07) is 14.3. The van der Waals surface area contributed by atoms with Crippen molar-refractivity contribution in [2.45, 2.75) is 157 Å². The van der Waals surface area contributed by atoms with Gasteiger partial charge in [0.1, 0.15) is 0 Å². The summed E-state index contributed by atoms with van der Waals surface area (Å²) >= 11 is 0. The number of hydrogen-bond acceptors (Lipinski definition) is 0. The van der Waals surface area contributed by atoms with Gasteiger partial charge in [0, 0.05) is 33.4 Å². The van der Waals surface area contributed by atoms with E-state index >= 15 is 0 Å². The van der Waals surface area contributed by atoms with Crippen molar-refractivity contribution in [3.8, 4) is 35.5 Å². The van der Waals surface area contributed by atoms with Gasteiger partial charge in [0.25, 0.3) is 0 Å². The SMILES string of the molecule is CCCCc1cc2c(cc1CCCC)C#Cc1cc(CCCC)c(CCCC)cc1C#Cc1cc(CCCC)c(CCCC)cc1C#C2. The average Bonchev–Trinajstić information content (AvgIpc) is 3.10. The Labute approximate surface area is 294 Å². The van der Waals surface area contributed by atoms with Crippen molar-refractivity contribution >= 4 is 0 Å². The molecule has 0 bridgehead atoms. The first-order chi connectivity index (χ1) is 23.5. The van der Waals surface area contributed by atoms with E-state index in [1.54, 1.807) is 0 Å². The van der Waals surface area contributed by atoms with E-state index in [-0.39, 0.29) is 0 Å². The van der Waals surface area contributed by atoms with Crippen LogP contribution in [-0.4, -0.2) is 0 Å². The largest absolute Gasteiger partial charge is 0.0654 e. The number of rotatable bonds is 18. The highest BCUT2D eigenvalue weighted by Gasteiger charge is 2.13. The van der Waals surface area contributed by atoms with E-state index in [2.05, 4.69) is 113 Å². The van der Waals surface area contributed by atoms with Crippen molar-refractivity contribution in [2.75, 3.05) is 0 Å². The number of hydrogen-bond donors (Lipinski definition) is 0. The Morgan fingerprint density at radius 3 is 0.542 bits per heavy atom. The topological polar surface area (TPSA) is 0 Å². The predicted octanol–water partition coefficient (Wildman–Crippen LogP) is 12.3. The Bertz CT molecular complexity index is 1370. The van der Waals surface area contributed by atoms with Gasteiger partial charge in [-0.2, -0.15) is 0 Å². The molecule has 0 radical (unpaired) electrons. The molecule has 0 fully saturated rings. The van der Waals surface area contributed by atoms with E-state index in [0.717, 1.165) is 71.9 Å². The second-order valence-corrected chi connectivity index (χ2v) is 13.9. The molecule has 0 unspecified atom stereocenters. The molecule has 0 nitrogen and oxygen atoms in total. The van der Waals surface area contributed by atoms with Crippen LogP contribution >= 0.6 is 0 Å². The molecule has 0 spiro atoms. The Hall–Kier alpha value is -3.66. The molecule has 0 N–H and O–H groups in total. The quantitative estimate of drug-likeness (QED) is 0.0953. The Balaban J connectivity index is 2.02. The summed E-state index contributed by atoms with van der Waals surface area (Å²) in [5.74, 6) is 22.0. The van der Waals surface area contributed by atoms with Crippen molar-refractivity contribution in [3.05, 3.63) is 103 Å². The van der Waals surface area contributed by atoms with E-state index in [1.807, 2.05) is 0 Å². The van der Waals surface area contributed by atoms with Gasteiger partial charge in [-0.15, -0.1) is 0 Å². The molecule has 0 saturated heterocycles. The van der Waals surface area contributed by atoms with Crippen molar-refractivity contribution in [3.63, 3.8) is 0 Å². The molecule has 0 amide bonds. The van der Waals surface area contributed by atoms with Gasteiger partial charge in [0.2, 0.25) is 0 Å². The van der Waals surface area contributed by atoms with Crippen LogP contribution in [0.1, 0.15) is 185 Å². The first-order valence-corrected chi connectivity index (χ1v) is 19.6. The van der Waals surface area contributed by atoms with Crippen molar-refractivity contribution in [2.24, 2.45) is 0 Å². The maximum atomic E-state index is 3.66. The van der Waals surface area contributed by atoms with Gasteiger partial charge in [-0.1, -0.05) is 116 Å². The van der Waals surface area contributed by atoms with Crippen molar-refractivity contribution in [1.82, 2.24) is 0 Å². The van der Waals surface area contributed by atoms with Gasteiger partial charge >= 0.3 is 0 Å². The number of unbranched alkanes of at least 4 members (excludes halogenated alkanes) is 6. The van der Waals surface area contributed by atoms with Crippen LogP contribution in [0.2, 0.25) is 0 Å². The van der Waals surface area contributed by atoms with Crippen LogP contribution in [0.5, 0.6) is 0 Å². The summed E-state index contributed by atoms with van der Waals surface area (Å²) < 4.78 is 0. The zero-order valence-corrected chi connectivity index (χ0v) is 31.2. The van der Waals surface area contributed by atoms with Crippen LogP contribution in [0, 0.1) is 35.5 Å². The van der Waals surface area contributed by atoms with Crippen LogP contribution in [-0.2, 0) is 38.5 Å². The smallest absolute Gasteiger partial charge is 0.0408 e. The first-order valence-electron chi connectivity index (χ1n) is 19.6. The van der Waals surface area contributed by atoms with Gasteiger partial charge in [0.15, 0.2) is 0 Å². The molecule has 4 rings (SSSR count). The molecule has 3 aromatic rings. The molecular weight excluding hydrogens is 577 g/mol. The van der Waals surface area contributed by atoms with Crippen molar-refractivity contribution in [1.29, 1.82) is 0 Å². The zero-order valence-electron chi connectivity index (χ0n) is 31.2. The maximum absolute atomic E-state index is 3.66. The minimum Gasteiger partial charge on any atom is -0.0654 e. The molecular formula is C48H60. The van der Waals surface area contributed by atoms with Crippen LogP contribution in [0.25, 0.3) is 0 Å². The number of benzene rings is 3. The summed E-state index contributed by atoms with van der Waals surface area (Å²) in [6.45, 7) is 13.7. The molecule has 0 aliphatic heterocycles. The molecule has 252 valence electrons. The molecule has 1 aliphatic rings. The average molecular weight is 637 g/mol. The molecule has 0 heteroatoms. The minimum atomic E-state index is 1.06.